The molecule has 0 spiro atoms. The van der Waals surface area contributed by atoms with Crippen LogP contribution in [-0.4, -0.2) is 11.5 Å². The maximum absolute atomic E-state index is 13.5. The molecule has 1 unspecified atom stereocenters. The van der Waals surface area contributed by atoms with Crippen molar-refractivity contribution < 1.29 is 9.18 Å². The summed E-state index contributed by atoms with van der Waals surface area (Å²) >= 11 is 0. The van der Waals surface area contributed by atoms with Gasteiger partial charge in [-0.05, 0) is 19.9 Å². The first-order chi connectivity index (χ1) is 7.41. The van der Waals surface area contributed by atoms with E-state index in [1.807, 2.05) is 18.2 Å². The highest BCUT2D eigenvalue weighted by atomic mass is 19.1. The van der Waals surface area contributed by atoms with Crippen molar-refractivity contribution in [2.75, 3.05) is 0 Å². The molecule has 0 fully saturated rings. The topological polar surface area (TPSA) is 17.1 Å². The normalized spacial score (nSPS) is 14.0. The molecule has 1 nitrogen and oxygen atoms in total. The standard InChI is InChI=1S/C14H17FO/c1-11(14(2,3)15)9-10-13(16)12-7-5-4-6-8-12/h4-11H,1-3H3/b10-9+. The third-order valence-corrected chi connectivity index (χ3v) is 2.68. The van der Waals surface area contributed by atoms with Crippen LogP contribution in [0.15, 0.2) is 42.5 Å². The second kappa shape index (κ2) is 5.06. The van der Waals surface area contributed by atoms with Crippen LogP contribution in [0.4, 0.5) is 4.39 Å². The van der Waals surface area contributed by atoms with Gasteiger partial charge in [-0.15, -0.1) is 0 Å². The van der Waals surface area contributed by atoms with E-state index in [1.165, 1.54) is 19.9 Å². The molecular formula is C14H17FO. The van der Waals surface area contributed by atoms with Crippen LogP contribution < -0.4 is 0 Å². The number of alkyl halides is 1. The Morgan fingerprint density at radius 3 is 2.38 bits per heavy atom. The minimum absolute atomic E-state index is 0.0864. The van der Waals surface area contributed by atoms with Crippen molar-refractivity contribution in [3.05, 3.63) is 48.0 Å². The molecule has 0 saturated carbocycles. The van der Waals surface area contributed by atoms with Crippen molar-refractivity contribution in [2.45, 2.75) is 26.4 Å². The molecule has 1 rings (SSSR count). The van der Waals surface area contributed by atoms with Crippen LogP contribution in [0.5, 0.6) is 0 Å². The molecule has 1 aromatic carbocycles. The molecule has 0 radical (unpaired) electrons. The van der Waals surface area contributed by atoms with Gasteiger partial charge >= 0.3 is 0 Å². The van der Waals surface area contributed by atoms with Crippen molar-refractivity contribution in [3.8, 4) is 0 Å². The summed E-state index contributed by atoms with van der Waals surface area (Å²) in [4.78, 5) is 11.7. The van der Waals surface area contributed by atoms with Gasteiger partial charge in [0.1, 0.15) is 5.67 Å². The first kappa shape index (κ1) is 12.6. The number of hydrogen-bond donors (Lipinski definition) is 0. The summed E-state index contributed by atoms with van der Waals surface area (Å²) in [5.41, 5.74) is -0.671. The SMILES string of the molecule is CC(/C=C/C(=O)c1ccccc1)C(C)(C)F. The summed E-state index contributed by atoms with van der Waals surface area (Å²) < 4.78 is 13.5. The molecule has 16 heavy (non-hydrogen) atoms. The molecule has 2 heteroatoms. The van der Waals surface area contributed by atoms with Crippen LogP contribution in [0.1, 0.15) is 31.1 Å². The Morgan fingerprint density at radius 2 is 1.88 bits per heavy atom. The third kappa shape index (κ3) is 3.61. The fourth-order valence-corrected chi connectivity index (χ4v) is 1.16. The lowest BCUT2D eigenvalue weighted by atomic mass is 9.94. The Kier molecular flexibility index (Phi) is 3.99. The van der Waals surface area contributed by atoms with Crippen molar-refractivity contribution >= 4 is 5.78 Å². The number of carbonyl (C=O) groups excluding carboxylic acids is 1. The van der Waals surface area contributed by atoms with Gasteiger partial charge in [-0.3, -0.25) is 4.79 Å². The van der Waals surface area contributed by atoms with E-state index >= 15 is 0 Å². The van der Waals surface area contributed by atoms with Crippen molar-refractivity contribution in [1.82, 2.24) is 0 Å². The largest absolute Gasteiger partial charge is 0.289 e. The molecule has 86 valence electrons. The lowest BCUT2D eigenvalue weighted by Gasteiger charge is -2.19. The minimum Gasteiger partial charge on any atom is -0.289 e. The van der Waals surface area contributed by atoms with Gasteiger partial charge in [0.2, 0.25) is 0 Å². The Balaban J connectivity index is 2.69. The molecule has 0 aromatic heterocycles. The second-order valence-corrected chi connectivity index (χ2v) is 4.44. The number of benzene rings is 1. The van der Waals surface area contributed by atoms with Crippen LogP contribution in [0.3, 0.4) is 0 Å². The molecule has 0 aliphatic rings. The quantitative estimate of drug-likeness (QED) is 0.557. The zero-order valence-electron chi connectivity index (χ0n) is 9.91. The smallest absolute Gasteiger partial charge is 0.185 e. The van der Waals surface area contributed by atoms with Gasteiger partial charge in [-0.25, -0.2) is 4.39 Å². The second-order valence-electron chi connectivity index (χ2n) is 4.44. The predicted octanol–water partition coefficient (Wildman–Crippen LogP) is 3.81. The molecular weight excluding hydrogens is 203 g/mol. The number of rotatable bonds is 4. The number of allylic oxidation sites excluding steroid dienone is 2. The lowest BCUT2D eigenvalue weighted by Crippen LogP contribution is -2.21. The Hall–Kier alpha value is -1.44. The number of hydrogen-bond acceptors (Lipinski definition) is 1. The molecule has 0 aliphatic carbocycles. The van der Waals surface area contributed by atoms with Crippen molar-refractivity contribution in [2.24, 2.45) is 5.92 Å². The maximum Gasteiger partial charge on any atom is 0.185 e. The molecule has 0 heterocycles. The number of halogens is 1. The molecule has 0 bridgehead atoms. The molecule has 0 saturated heterocycles. The van der Waals surface area contributed by atoms with Gasteiger partial charge < -0.3 is 0 Å². The zero-order valence-corrected chi connectivity index (χ0v) is 9.91. The van der Waals surface area contributed by atoms with E-state index in [9.17, 15) is 9.18 Å². The predicted molar refractivity (Wildman–Crippen MR) is 64.3 cm³/mol. The summed E-state index contributed by atoms with van der Waals surface area (Å²) in [5, 5.41) is 0. The van der Waals surface area contributed by atoms with E-state index in [0.717, 1.165) is 0 Å². The fourth-order valence-electron chi connectivity index (χ4n) is 1.16. The lowest BCUT2D eigenvalue weighted by molar-refractivity contribution is 0.104. The summed E-state index contributed by atoms with van der Waals surface area (Å²) in [7, 11) is 0. The van der Waals surface area contributed by atoms with Crippen LogP contribution in [-0.2, 0) is 0 Å². The number of ketones is 1. The van der Waals surface area contributed by atoms with Gasteiger partial charge in [0, 0.05) is 11.5 Å². The minimum atomic E-state index is -1.30. The Bertz CT molecular complexity index is 373. The highest BCUT2D eigenvalue weighted by molar-refractivity contribution is 6.04. The summed E-state index contributed by atoms with van der Waals surface area (Å²) in [5.74, 6) is -0.364. The van der Waals surface area contributed by atoms with Gasteiger partial charge in [0.05, 0.1) is 0 Å². The highest BCUT2D eigenvalue weighted by Crippen LogP contribution is 2.21. The van der Waals surface area contributed by atoms with Crippen LogP contribution >= 0.6 is 0 Å². The van der Waals surface area contributed by atoms with Crippen LogP contribution in [0.25, 0.3) is 0 Å². The average Bonchev–Trinajstić information content (AvgIpc) is 2.25. The van der Waals surface area contributed by atoms with Crippen molar-refractivity contribution in [3.63, 3.8) is 0 Å². The summed E-state index contributed by atoms with van der Waals surface area (Å²) in [6, 6.07) is 8.97. The number of carbonyl (C=O) groups is 1. The first-order valence-corrected chi connectivity index (χ1v) is 5.38. The van der Waals surface area contributed by atoms with Gasteiger partial charge in [0.15, 0.2) is 5.78 Å². The van der Waals surface area contributed by atoms with E-state index in [-0.39, 0.29) is 11.7 Å². The average molecular weight is 220 g/mol. The first-order valence-electron chi connectivity index (χ1n) is 5.38. The zero-order chi connectivity index (χ0) is 12.2. The van der Waals surface area contributed by atoms with E-state index in [2.05, 4.69) is 0 Å². The Morgan fingerprint density at radius 1 is 1.31 bits per heavy atom. The van der Waals surface area contributed by atoms with E-state index in [4.69, 9.17) is 0 Å². The van der Waals surface area contributed by atoms with E-state index in [0.29, 0.717) is 5.56 Å². The van der Waals surface area contributed by atoms with E-state index in [1.54, 1.807) is 25.1 Å². The van der Waals surface area contributed by atoms with Crippen LogP contribution in [0.2, 0.25) is 0 Å². The maximum atomic E-state index is 13.5. The molecule has 0 N–H and O–H groups in total. The molecule has 0 aliphatic heterocycles. The van der Waals surface area contributed by atoms with Gasteiger partial charge in [-0.2, -0.15) is 0 Å². The van der Waals surface area contributed by atoms with Crippen LogP contribution in [0, 0.1) is 5.92 Å². The monoisotopic (exact) mass is 220 g/mol. The Labute approximate surface area is 96.0 Å². The van der Waals surface area contributed by atoms with E-state index < -0.39 is 5.67 Å². The summed E-state index contributed by atoms with van der Waals surface area (Å²) in [6.45, 7) is 4.78. The molecule has 1 aromatic rings. The summed E-state index contributed by atoms with van der Waals surface area (Å²) in [6.07, 6.45) is 3.07. The van der Waals surface area contributed by atoms with Gasteiger partial charge in [0.25, 0.3) is 0 Å². The third-order valence-electron chi connectivity index (χ3n) is 2.68. The molecule has 0 amide bonds. The van der Waals surface area contributed by atoms with Gasteiger partial charge in [-0.1, -0.05) is 43.3 Å². The highest BCUT2D eigenvalue weighted by Gasteiger charge is 2.22. The van der Waals surface area contributed by atoms with Crippen molar-refractivity contribution in [1.29, 1.82) is 0 Å². The molecule has 1 atom stereocenters. The fraction of sp³-hybridized carbons (Fsp3) is 0.357.